The first-order chi connectivity index (χ1) is 17.8. The van der Waals surface area contributed by atoms with E-state index in [9.17, 15) is 22.4 Å². The van der Waals surface area contributed by atoms with Gasteiger partial charge in [0, 0.05) is 30.6 Å². The van der Waals surface area contributed by atoms with Crippen molar-refractivity contribution in [2.24, 2.45) is 0 Å². The summed E-state index contributed by atoms with van der Waals surface area (Å²) in [5, 5.41) is 6.35. The highest BCUT2D eigenvalue weighted by molar-refractivity contribution is 7.91. The Morgan fingerprint density at radius 2 is 1.73 bits per heavy atom. The Labute approximate surface area is 217 Å². The van der Waals surface area contributed by atoms with Crippen molar-refractivity contribution in [3.63, 3.8) is 0 Å². The summed E-state index contributed by atoms with van der Waals surface area (Å²) in [5.74, 6) is 0.00899. The molecule has 0 spiro atoms. The van der Waals surface area contributed by atoms with Gasteiger partial charge in [0.25, 0.3) is 5.91 Å². The van der Waals surface area contributed by atoms with Crippen LogP contribution in [0.25, 0.3) is 0 Å². The van der Waals surface area contributed by atoms with E-state index in [1.165, 1.54) is 34.7 Å². The van der Waals surface area contributed by atoms with E-state index < -0.39 is 27.6 Å². The summed E-state index contributed by atoms with van der Waals surface area (Å²) in [6.07, 6.45) is 3.05. The number of nitrogens with one attached hydrogen (secondary N) is 2. The Kier molecular flexibility index (Phi) is 8.81. The summed E-state index contributed by atoms with van der Waals surface area (Å²) < 4.78 is 42.0. The van der Waals surface area contributed by atoms with Crippen LogP contribution >= 0.6 is 0 Å². The molecular formula is C27H34FN3O5S. The fraction of sp³-hybridized carbons (Fsp3) is 0.481. The summed E-state index contributed by atoms with van der Waals surface area (Å²) in [6, 6.07) is 12.9. The van der Waals surface area contributed by atoms with Crippen molar-refractivity contribution < 1.29 is 27.1 Å². The molecule has 0 radical (unpaired) electrons. The molecule has 1 aliphatic carbocycles. The molecule has 1 saturated heterocycles. The fourth-order valence-electron chi connectivity index (χ4n) is 4.65. The third-order valence-corrected chi connectivity index (χ3v) is 8.64. The van der Waals surface area contributed by atoms with E-state index in [4.69, 9.17) is 4.74 Å². The molecule has 1 aliphatic heterocycles. The lowest BCUT2D eigenvalue weighted by atomic mass is 10.1. The van der Waals surface area contributed by atoms with Crippen molar-refractivity contribution >= 4 is 21.7 Å². The Balaban J connectivity index is 1.27. The van der Waals surface area contributed by atoms with Crippen LogP contribution in [0.1, 0.15) is 47.5 Å². The molecule has 0 aromatic heterocycles. The predicted octanol–water partition coefficient (Wildman–Crippen LogP) is 2.51. The maximum absolute atomic E-state index is 13.2. The van der Waals surface area contributed by atoms with Crippen molar-refractivity contribution in [1.82, 2.24) is 15.5 Å². The Morgan fingerprint density at radius 3 is 2.38 bits per heavy atom. The second kappa shape index (κ2) is 12.0. The third-order valence-electron chi connectivity index (χ3n) is 7.03. The zero-order valence-corrected chi connectivity index (χ0v) is 21.8. The number of carbonyl (C=O) groups excluding carboxylic acids is 2. The Bertz CT molecular complexity index is 1170. The quantitative estimate of drug-likeness (QED) is 0.432. The van der Waals surface area contributed by atoms with E-state index in [-0.39, 0.29) is 36.1 Å². The van der Waals surface area contributed by atoms with E-state index in [0.717, 1.165) is 25.1 Å². The normalized spacial score (nSPS) is 21.2. The van der Waals surface area contributed by atoms with E-state index in [2.05, 4.69) is 22.8 Å². The molecule has 2 N–H and O–H groups in total. The molecule has 4 rings (SSSR count). The summed E-state index contributed by atoms with van der Waals surface area (Å²) in [7, 11) is -1.48. The number of sulfone groups is 1. The summed E-state index contributed by atoms with van der Waals surface area (Å²) >= 11 is 0. The first-order valence-corrected chi connectivity index (χ1v) is 14.5. The minimum Gasteiger partial charge on any atom is -0.497 e. The van der Waals surface area contributed by atoms with Gasteiger partial charge in [0.15, 0.2) is 9.84 Å². The van der Waals surface area contributed by atoms with Crippen molar-refractivity contribution in [1.29, 1.82) is 0 Å². The number of rotatable bonds is 11. The van der Waals surface area contributed by atoms with E-state index in [1.54, 1.807) is 7.11 Å². The van der Waals surface area contributed by atoms with E-state index >= 15 is 0 Å². The van der Waals surface area contributed by atoms with Gasteiger partial charge in [-0.3, -0.25) is 9.59 Å². The van der Waals surface area contributed by atoms with Gasteiger partial charge in [-0.2, -0.15) is 0 Å². The number of amides is 2. The summed E-state index contributed by atoms with van der Waals surface area (Å²) in [5.41, 5.74) is 1.55. The number of benzene rings is 2. The minimum absolute atomic E-state index is 0.0714. The van der Waals surface area contributed by atoms with Crippen LogP contribution in [-0.4, -0.2) is 75.5 Å². The first-order valence-electron chi connectivity index (χ1n) is 12.7. The third kappa shape index (κ3) is 7.52. The summed E-state index contributed by atoms with van der Waals surface area (Å²) in [4.78, 5) is 27.4. The number of nitrogens with zero attached hydrogens (tertiary/aromatic N) is 1. The molecular weight excluding hydrogens is 497 g/mol. The van der Waals surface area contributed by atoms with Crippen LogP contribution in [0.2, 0.25) is 0 Å². The number of carbonyl (C=O) groups is 2. The molecule has 2 fully saturated rings. The van der Waals surface area contributed by atoms with Gasteiger partial charge >= 0.3 is 0 Å². The predicted molar refractivity (Wildman–Crippen MR) is 139 cm³/mol. The van der Waals surface area contributed by atoms with Crippen LogP contribution in [-0.2, 0) is 14.6 Å². The van der Waals surface area contributed by atoms with Crippen LogP contribution in [0.15, 0.2) is 48.5 Å². The number of ether oxygens (including phenoxy) is 1. The maximum Gasteiger partial charge on any atom is 0.251 e. The molecule has 2 amide bonds. The molecule has 3 unspecified atom stereocenters. The molecule has 0 bridgehead atoms. The standard InChI is InChI=1S/C27H34FN3O5S/c1-36-22-11-7-19(8-12-22)23-18-25(23)29-13-3-2-4-24(27(33)31-14-16-37(34,35)17-15-31)30-26(32)20-5-9-21(28)10-6-20/h5-12,23-25,29H,2-4,13-18H2,1H3,(H,30,32). The monoisotopic (exact) mass is 531 g/mol. The number of unbranched alkanes of at least 4 members (excludes halogenated alkanes) is 1. The van der Waals surface area contributed by atoms with Gasteiger partial charge in [-0.1, -0.05) is 12.1 Å². The average Bonchev–Trinajstić information content (AvgIpc) is 3.67. The highest BCUT2D eigenvalue weighted by Gasteiger charge is 2.37. The van der Waals surface area contributed by atoms with Crippen LogP contribution in [0.3, 0.4) is 0 Å². The molecule has 2 aromatic rings. The second-order valence-corrected chi connectivity index (χ2v) is 12.0. The van der Waals surface area contributed by atoms with Crippen LogP contribution in [0.5, 0.6) is 5.75 Å². The van der Waals surface area contributed by atoms with Crippen LogP contribution in [0.4, 0.5) is 4.39 Å². The minimum atomic E-state index is -3.13. The topological polar surface area (TPSA) is 105 Å². The molecule has 200 valence electrons. The molecule has 37 heavy (non-hydrogen) atoms. The smallest absolute Gasteiger partial charge is 0.251 e. The van der Waals surface area contributed by atoms with Gasteiger partial charge in [-0.25, -0.2) is 12.8 Å². The lowest BCUT2D eigenvalue weighted by molar-refractivity contribution is -0.133. The van der Waals surface area contributed by atoms with Gasteiger partial charge in [0.2, 0.25) is 5.91 Å². The highest BCUT2D eigenvalue weighted by atomic mass is 32.2. The number of hydrogen-bond acceptors (Lipinski definition) is 6. The highest BCUT2D eigenvalue weighted by Crippen LogP contribution is 2.41. The van der Waals surface area contributed by atoms with Crippen molar-refractivity contribution in [2.45, 2.75) is 43.7 Å². The van der Waals surface area contributed by atoms with E-state index in [0.29, 0.717) is 24.8 Å². The largest absolute Gasteiger partial charge is 0.497 e. The van der Waals surface area contributed by atoms with Gasteiger partial charge < -0.3 is 20.3 Å². The second-order valence-electron chi connectivity index (χ2n) is 9.68. The van der Waals surface area contributed by atoms with Crippen LogP contribution in [0, 0.1) is 5.82 Å². The van der Waals surface area contributed by atoms with Gasteiger partial charge in [-0.05, 0) is 74.2 Å². The van der Waals surface area contributed by atoms with Crippen molar-refractivity contribution in [3.8, 4) is 5.75 Å². The zero-order chi connectivity index (χ0) is 26.4. The lowest BCUT2D eigenvalue weighted by Gasteiger charge is -2.30. The number of methoxy groups -OCH3 is 1. The Hall–Kier alpha value is -2.98. The van der Waals surface area contributed by atoms with Crippen molar-refractivity contribution in [3.05, 3.63) is 65.5 Å². The molecule has 8 nitrogen and oxygen atoms in total. The SMILES string of the molecule is COc1ccc(C2CC2NCCCCC(NC(=O)c2ccc(F)cc2)C(=O)N2CCS(=O)(=O)CC2)cc1. The molecule has 2 aromatic carbocycles. The van der Waals surface area contributed by atoms with Gasteiger partial charge in [-0.15, -0.1) is 0 Å². The van der Waals surface area contributed by atoms with Crippen molar-refractivity contribution in [2.75, 3.05) is 38.2 Å². The Morgan fingerprint density at radius 1 is 1.05 bits per heavy atom. The molecule has 1 heterocycles. The van der Waals surface area contributed by atoms with Crippen LogP contribution < -0.4 is 15.4 Å². The van der Waals surface area contributed by atoms with E-state index in [1.807, 2.05) is 12.1 Å². The molecule has 10 heteroatoms. The zero-order valence-electron chi connectivity index (χ0n) is 21.0. The van der Waals surface area contributed by atoms with Gasteiger partial charge in [0.1, 0.15) is 17.6 Å². The first kappa shape index (κ1) is 27.1. The molecule has 2 aliphatic rings. The maximum atomic E-state index is 13.2. The average molecular weight is 532 g/mol. The molecule has 3 atom stereocenters. The number of halogens is 1. The summed E-state index contributed by atoms with van der Waals surface area (Å²) in [6.45, 7) is 1.05. The number of hydrogen-bond donors (Lipinski definition) is 2. The fourth-order valence-corrected chi connectivity index (χ4v) is 5.86. The molecule has 1 saturated carbocycles. The lowest BCUT2D eigenvalue weighted by Crippen LogP contribution is -2.52. The van der Waals surface area contributed by atoms with Gasteiger partial charge in [0.05, 0.1) is 18.6 Å².